The van der Waals surface area contributed by atoms with Crippen LogP contribution >= 0.6 is 0 Å². The molecule has 1 aromatic rings. The zero-order valence-corrected chi connectivity index (χ0v) is 12.0. The van der Waals surface area contributed by atoms with Crippen LogP contribution in [0.5, 0.6) is 0 Å². The predicted octanol–water partition coefficient (Wildman–Crippen LogP) is 4.73. The predicted molar refractivity (Wildman–Crippen MR) is 76.4 cm³/mol. The van der Waals surface area contributed by atoms with Crippen LogP contribution in [0.15, 0.2) is 41.5 Å². The number of hydrogen-bond donors (Lipinski definition) is 0. The molecule has 0 aliphatic heterocycles. The van der Waals surface area contributed by atoms with Crippen LogP contribution in [-0.4, -0.2) is 6.10 Å². The Balaban J connectivity index is 1.97. The van der Waals surface area contributed by atoms with E-state index >= 15 is 0 Å². The van der Waals surface area contributed by atoms with Crippen LogP contribution in [0.1, 0.15) is 46.1 Å². The molecule has 1 aromatic carbocycles. The van der Waals surface area contributed by atoms with Gasteiger partial charge in [-0.2, -0.15) is 0 Å². The van der Waals surface area contributed by atoms with Gasteiger partial charge in [-0.1, -0.05) is 55.3 Å². The molecule has 0 unspecified atom stereocenters. The third kappa shape index (κ3) is 3.02. The molecule has 1 aliphatic rings. The largest absolute Gasteiger partial charge is 0.373 e. The van der Waals surface area contributed by atoms with Crippen molar-refractivity contribution in [1.29, 1.82) is 0 Å². The topological polar surface area (TPSA) is 9.23 Å². The van der Waals surface area contributed by atoms with Crippen molar-refractivity contribution in [2.75, 3.05) is 0 Å². The summed E-state index contributed by atoms with van der Waals surface area (Å²) < 4.78 is 6.09. The van der Waals surface area contributed by atoms with Gasteiger partial charge in [-0.25, -0.2) is 0 Å². The molecule has 0 saturated carbocycles. The Morgan fingerprint density at radius 3 is 2.44 bits per heavy atom. The first-order chi connectivity index (χ1) is 8.49. The molecule has 0 saturated heterocycles. The summed E-state index contributed by atoms with van der Waals surface area (Å²) in [5.74, 6) is 0. The van der Waals surface area contributed by atoms with E-state index in [4.69, 9.17) is 4.74 Å². The molecular formula is C17H24O. The normalized spacial score (nSPS) is 23.2. The van der Waals surface area contributed by atoms with Gasteiger partial charge in [0.1, 0.15) is 0 Å². The smallest absolute Gasteiger partial charge is 0.0720 e. The van der Waals surface area contributed by atoms with Crippen LogP contribution in [0, 0.1) is 5.41 Å². The van der Waals surface area contributed by atoms with Gasteiger partial charge in [0.25, 0.3) is 0 Å². The van der Waals surface area contributed by atoms with Gasteiger partial charge in [0.05, 0.1) is 12.7 Å². The molecule has 0 aromatic heterocycles. The Morgan fingerprint density at radius 1 is 1.17 bits per heavy atom. The average Bonchev–Trinajstić information content (AvgIpc) is 2.34. The fourth-order valence-corrected chi connectivity index (χ4v) is 2.77. The number of hydrogen-bond acceptors (Lipinski definition) is 1. The molecule has 1 aliphatic carbocycles. The van der Waals surface area contributed by atoms with Crippen molar-refractivity contribution in [2.45, 2.75) is 53.2 Å². The minimum atomic E-state index is 0.281. The highest BCUT2D eigenvalue weighted by atomic mass is 16.5. The number of allylic oxidation sites excluding steroid dienone is 1. The van der Waals surface area contributed by atoms with Crippen molar-refractivity contribution >= 4 is 0 Å². The first kappa shape index (κ1) is 13.4. The van der Waals surface area contributed by atoms with E-state index in [-0.39, 0.29) is 5.41 Å². The summed E-state index contributed by atoms with van der Waals surface area (Å²) in [4.78, 5) is 0. The first-order valence-electron chi connectivity index (χ1n) is 6.81. The molecule has 1 heteroatoms. The molecule has 0 N–H and O–H groups in total. The van der Waals surface area contributed by atoms with Crippen molar-refractivity contribution in [3.05, 3.63) is 47.0 Å². The molecule has 0 spiro atoms. The quantitative estimate of drug-likeness (QED) is 0.698. The molecule has 1 atom stereocenters. The molecule has 18 heavy (non-hydrogen) atoms. The summed E-state index contributed by atoms with van der Waals surface area (Å²) in [6.07, 6.45) is 2.58. The number of benzene rings is 1. The van der Waals surface area contributed by atoms with E-state index in [1.54, 1.807) is 5.57 Å². The second-order valence-corrected chi connectivity index (χ2v) is 6.12. The minimum Gasteiger partial charge on any atom is -0.373 e. The van der Waals surface area contributed by atoms with Crippen molar-refractivity contribution in [3.63, 3.8) is 0 Å². The van der Waals surface area contributed by atoms with Gasteiger partial charge in [0, 0.05) is 0 Å². The lowest BCUT2D eigenvalue weighted by molar-refractivity contribution is 0.0109. The van der Waals surface area contributed by atoms with Crippen LogP contribution in [0.2, 0.25) is 0 Å². The summed E-state index contributed by atoms with van der Waals surface area (Å²) in [5, 5.41) is 0. The van der Waals surface area contributed by atoms with Crippen molar-refractivity contribution in [1.82, 2.24) is 0 Å². The summed E-state index contributed by atoms with van der Waals surface area (Å²) in [6.45, 7) is 9.89. The lowest BCUT2D eigenvalue weighted by Gasteiger charge is -2.37. The lowest BCUT2D eigenvalue weighted by Crippen LogP contribution is -2.29. The van der Waals surface area contributed by atoms with Gasteiger partial charge in [0.2, 0.25) is 0 Å². The molecular weight excluding hydrogens is 220 g/mol. The van der Waals surface area contributed by atoms with Gasteiger partial charge >= 0.3 is 0 Å². The highest BCUT2D eigenvalue weighted by Crippen LogP contribution is 2.40. The molecule has 98 valence electrons. The van der Waals surface area contributed by atoms with Gasteiger partial charge in [-0.15, -0.1) is 0 Å². The van der Waals surface area contributed by atoms with Gasteiger partial charge < -0.3 is 4.74 Å². The number of ether oxygens (including phenoxy) is 1. The summed E-state index contributed by atoms with van der Waals surface area (Å²) in [5.41, 5.74) is 4.59. The lowest BCUT2D eigenvalue weighted by atomic mass is 9.72. The van der Waals surface area contributed by atoms with E-state index in [1.807, 2.05) is 6.07 Å². The molecule has 0 fully saturated rings. The van der Waals surface area contributed by atoms with Crippen LogP contribution < -0.4 is 0 Å². The van der Waals surface area contributed by atoms with E-state index in [2.05, 4.69) is 52.0 Å². The highest BCUT2D eigenvalue weighted by molar-refractivity contribution is 5.22. The molecule has 0 heterocycles. The first-order valence-corrected chi connectivity index (χ1v) is 6.81. The Labute approximate surface area is 111 Å². The third-order valence-corrected chi connectivity index (χ3v) is 4.26. The second kappa shape index (κ2) is 5.27. The van der Waals surface area contributed by atoms with Gasteiger partial charge in [-0.05, 0) is 37.7 Å². The Hall–Kier alpha value is -1.08. The van der Waals surface area contributed by atoms with E-state index in [0.717, 1.165) is 19.4 Å². The van der Waals surface area contributed by atoms with Crippen LogP contribution in [0.25, 0.3) is 0 Å². The van der Waals surface area contributed by atoms with Crippen molar-refractivity contribution < 1.29 is 4.74 Å². The fraction of sp³-hybridized carbons (Fsp3) is 0.529. The van der Waals surface area contributed by atoms with Crippen molar-refractivity contribution in [2.24, 2.45) is 5.41 Å². The van der Waals surface area contributed by atoms with Crippen molar-refractivity contribution in [3.8, 4) is 0 Å². The van der Waals surface area contributed by atoms with E-state index < -0.39 is 0 Å². The van der Waals surface area contributed by atoms with Crippen LogP contribution in [-0.2, 0) is 11.3 Å². The maximum absolute atomic E-state index is 6.09. The monoisotopic (exact) mass is 244 g/mol. The third-order valence-electron chi connectivity index (χ3n) is 4.26. The molecule has 0 bridgehead atoms. The zero-order chi connectivity index (χ0) is 13.2. The average molecular weight is 244 g/mol. The summed E-state index contributed by atoms with van der Waals surface area (Å²) in [7, 11) is 0. The highest BCUT2D eigenvalue weighted by Gasteiger charge is 2.31. The van der Waals surface area contributed by atoms with Crippen LogP contribution in [0.4, 0.5) is 0 Å². The Bertz CT molecular complexity index is 428. The standard InChI is InChI=1S/C17H24O/c1-13-10-16(11-17(3,4)14(13)2)18-12-15-8-6-5-7-9-15/h5-9,16H,10-12H2,1-4H3/t16-/m0/s1. The summed E-state index contributed by atoms with van der Waals surface area (Å²) >= 11 is 0. The molecule has 2 rings (SSSR count). The fourth-order valence-electron chi connectivity index (χ4n) is 2.77. The van der Waals surface area contributed by atoms with Gasteiger partial charge in [-0.3, -0.25) is 0 Å². The van der Waals surface area contributed by atoms with E-state index in [1.165, 1.54) is 11.1 Å². The van der Waals surface area contributed by atoms with Crippen LogP contribution in [0.3, 0.4) is 0 Å². The maximum atomic E-state index is 6.09. The zero-order valence-electron chi connectivity index (χ0n) is 12.0. The van der Waals surface area contributed by atoms with E-state index in [9.17, 15) is 0 Å². The number of rotatable bonds is 3. The summed E-state index contributed by atoms with van der Waals surface area (Å²) in [6, 6.07) is 10.4. The van der Waals surface area contributed by atoms with Gasteiger partial charge in [0.15, 0.2) is 0 Å². The second-order valence-electron chi connectivity index (χ2n) is 6.12. The molecule has 0 amide bonds. The Kier molecular flexibility index (Phi) is 3.91. The van der Waals surface area contributed by atoms with E-state index in [0.29, 0.717) is 6.10 Å². The Morgan fingerprint density at radius 2 is 1.83 bits per heavy atom. The maximum Gasteiger partial charge on any atom is 0.0720 e. The SMILES string of the molecule is CC1=C(C)C(C)(C)C[C@@H](OCc2ccccc2)C1. The minimum absolute atomic E-state index is 0.281. The molecule has 1 nitrogen and oxygen atoms in total. The molecule has 0 radical (unpaired) electrons.